The van der Waals surface area contributed by atoms with Gasteiger partial charge in [-0.25, -0.2) is 9.78 Å². The number of hydrogen-bond acceptors (Lipinski definition) is 3. The number of benzene rings is 2. The molecular weight excluding hydrogens is 440 g/mol. The van der Waals surface area contributed by atoms with E-state index >= 15 is 0 Å². The Hall–Kier alpha value is -3.87. The van der Waals surface area contributed by atoms with Crippen LogP contribution in [0.4, 0.5) is 10.5 Å². The number of aliphatic carboxylic acids is 1. The van der Waals surface area contributed by atoms with Crippen LogP contribution in [0.2, 0.25) is 0 Å². The van der Waals surface area contributed by atoms with Gasteiger partial charge in [-0.15, -0.1) is 0 Å². The number of unbranched alkanes of at least 4 members (excludes halogenated alkanes) is 1. The molecule has 0 spiro atoms. The Morgan fingerprint density at radius 3 is 2.60 bits per heavy atom. The Morgan fingerprint density at radius 1 is 1.09 bits per heavy atom. The molecule has 0 radical (unpaired) electrons. The summed E-state index contributed by atoms with van der Waals surface area (Å²) in [5.41, 5.74) is 2.35. The maximum atomic E-state index is 12.5. The molecule has 0 fully saturated rings. The second-order valence-corrected chi connectivity index (χ2v) is 8.84. The number of hydrogen-bond donors (Lipinski definition) is 3. The molecule has 3 N–H and O–H groups in total. The van der Waals surface area contributed by atoms with Gasteiger partial charge in [-0.1, -0.05) is 74.0 Å². The minimum Gasteiger partial charge on any atom is -0.481 e. The van der Waals surface area contributed by atoms with Gasteiger partial charge >= 0.3 is 12.0 Å². The molecule has 2 unspecified atom stereocenters. The first-order valence-electron chi connectivity index (χ1n) is 12.2. The van der Waals surface area contributed by atoms with Gasteiger partial charge in [-0.3, -0.25) is 4.79 Å². The van der Waals surface area contributed by atoms with E-state index in [1.807, 2.05) is 67.6 Å². The fourth-order valence-corrected chi connectivity index (χ4v) is 4.83. The molecule has 2 aromatic carbocycles. The molecule has 182 valence electrons. The van der Waals surface area contributed by atoms with Crippen molar-refractivity contribution in [1.82, 2.24) is 14.9 Å². The molecule has 3 aromatic rings. The van der Waals surface area contributed by atoms with Gasteiger partial charge in [0.1, 0.15) is 11.3 Å². The average molecular weight is 473 g/mol. The number of nitrogens with one attached hydrogen (secondary N) is 2. The molecule has 1 aliphatic rings. The highest BCUT2D eigenvalue weighted by atomic mass is 16.4. The van der Waals surface area contributed by atoms with E-state index in [9.17, 15) is 14.7 Å². The van der Waals surface area contributed by atoms with E-state index in [-0.39, 0.29) is 6.03 Å². The predicted molar refractivity (Wildman–Crippen MR) is 139 cm³/mol. The molecule has 0 saturated carbocycles. The summed E-state index contributed by atoms with van der Waals surface area (Å²) in [5.74, 6) is -0.718. The van der Waals surface area contributed by atoms with Crippen LogP contribution in [0.15, 0.2) is 72.8 Å². The maximum Gasteiger partial charge on any atom is 0.319 e. The molecule has 0 saturated heterocycles. The third-order valence-electron chi connectivity index (χ3n) is 6.56. The van der Waals surface area contributed by atoms with Crippen LogP contribution in [0.25, 0.3) is 11.0 Å². The Kier molecular flexibility index (Phi) is 7.34. The highest BCUT2D eigenvalue weighted by Crippen LogP contribution is 2.41. The zero-order valence-electron chi connectivity index (χ0n) is 20.2. The number of fused-ring (bicyclic) bond motifs is 1. The van der Waals surface area contributed by atoms with E-state index in [0.29, 0.717) is 24.3 Å². The number of allylic oxidation sites excluding steroid dienone is 3. The normalized spacial score (nSPS) is 19.1. The topological polar surface area (TPSA) is 96.3 Å². The van der Waals surface area contributed by atoms with Crippen LogP contribution in [-0.2, 0) is 23.2 Å². The van der Waals surface area contributed by atoms with Gasteiger partial charge < -0.3 is 20.3 Å². The second-order valence-electron chi connectivity index (χ2n) is 8.84. The minimum absolute atomic E-state index is 0.281. The molecule has 1 heterocycles. The Bertz CT molecular complexity index is 1260. The monoisotopic (exact) mass is 472 g/mol. The molecule has 7 heteroatoms. The van der Waals surface area contributed by atoms with Crippen LogP contribution in [-0.4, -0.2) is 33.2 Å². The van der Waals surface area contributed by atoms with E-state index in [1.54, 1.807) is 12.2 Å². The Morgan fingerprint density at radius 2 is 1.89 bits per heavy atom. The highest BCUT2D eigenvalue weighted by Gasteiger charge is 2.43. The average Bonchev–Trinajstić information content (AvgIpc) is 3.21. The SMILES string of the molecule is CCCCc1nc2c(NC(=O)NCC)cccc2n1CC1(c2ccccc2)C=CC=CC1C(=O)O. The van der Waals surface area contributed by atoms with Gasteiger partial charge in [0, 0.05) is 24.9 Å². The molecule has 2 amide bonds. The number of anilines is 1. The first kappa shape index (κ1) is 24.3. The molecule has 7 nitrogen and oxygen atoms in total. The number of rotatable bonds is 9. The number of carbonyl (C=O) groups excluding carboxylic acids is 1. The largest absolute Gasteiger partial charge is 0.481 e. The third kappa shape index (κ3) is 4.85. The van der Waals surface area contributed by atoms with Gasteiger partial charge in [0.05, 0.1) is 17.1 Å². The van der Waals surface area contributed by atoms with Gasteiger partial charge in [0.2, 0.25) is 0 Å². The lowest BCUT2D eigenvalue weighted by Crippen LogP contribution is -2.42. The number of aromatic nitrogens is 2. The van der Waals surface area contributed by atoms with Crippen molar-refractivity contribution in [2.75, 3.05) is 11.9 Å². The van der Waals surface area contributed by atoms with Crippen LogP contribution in [0.5, 0.6) is 0 Å². The number of carbonyl (C=O) groups is 2. The van der Waals surface area contributed by atoms with Crippen LogP contribution in [0.3, 0.4) is 0 Å². The van der Waals surface area contributed by atoms with Gasteiger partial charge in [-0.05, 0) is 31.0 Å². The lowest BCUT2D eigenvalue weighted by atomic mass is 9.68. The summed E-state index contributed by atoms with van der Waals surface area (Å²) < 4.78 is 2.14. The number of amides is 2. The van der Waals surface area contributed by atoms with Crippen LogP contribution in [0, 0.1) is 5.92 Å². The summed E-state index contributed by atoms with van der Waals surface area (Å²) in [7, 11) is 0. The summed E-state index contributed by atoms with van der Waals surface area (Å²) >= 11 is 0. The van der Waals surface area contributed by atoms with E-state index in [0.717, 1.165) is 36.2 Å². The predicted octanol–water partition coefficient (Wildman–Crippen LogP) is 5.29. The molecular formula is C28H32N4O3. The Labute approximate surface area is 205 Å². The third-order valence-corrected chi connectivity index (χ3v) is 6.56. The molecule has 0 bridgehead atoms. The number of para-hydroxylation sites is 1. The highest BCUT2D eigenvalue weighted by molar-refractivity contribution is 5.99. The van der Waals surface area contributed by atoms with Crippen molar-refractivity contribution < 1.29 is 14.7 Å². The number of carboxylic acid groups (broad SMARTS) is 1. The standard InChI is InChI=1S/C28H32N4O3/c1-3-5-17-24-31-25-22(30-27(35)29-4-2)15-11-16-23(25)32(24)19-28(20-12-7-6-8-13-20)18-10-9-14-21(28)26(33)34/h6-16,18,21H,3-5,17,19H2,1-2H3,(H,33,34)(H2,29,30,35). The van der Waals surface area contributed by atoms with Crippen molar-refractivity contribution in [1.29, 1.82) is 0 Å². The fraction of sp³-hybridized carbons (Fsp3) is 0.321. The van der Waals surface area contributed by atoms with Crippen molar-refractivity contribution in [3.05, 3.63) is 84.2 Å². The van der Waals surface area contributed by atoms with Gasteiger partial charge in [0.25, 0.3) is 0 Å². The lowest BCUT2D eigenvalue weighted by Gasteiger charge is -2.38. The number of urea groups is 1. The van der Waals surface area contributed by atoms with E-state index in [4.69, 9.17) is 4.98 Å². The summed E-state index contributed by atoms with van der Waals surface area (Å²) in [6, 6.07) is 15.3. The first-order valence-corrected chi connectivity index (χ1v) is 12.2. The molecule has 0 aliphatic heterocycles. The molecule has 35 heavy (non-hydrogen) atoms. The summed E-state index contributed by atoms with van der Waals surface area (Å²) in [6.07, 6.45) is 10.2. The summed E-state index contributed by atoms with van der Waals surface area (Å²) in [6.45, 7) is 4.93. The maximum absolute atomic E-state index is 12.5. The fourth-order valence-electron chi connectivity index (χ4n) is 4.83. The smallest absolute Gasteiger partial charge is 0.319 e. The first-order chi connectivity index (χ1) is 17.0. The number of imidazole rings is 1. The molecule has 1 aromatic heterocycles. The van der Waals surface area contributed by atoms with Crippen LogP contribution >= 0.6 is 0 Å². The molecule has 1 aliphatic carbocycles. The Balaban J connectivity index is 1.88. The van der Waals surface area contributed by atoms with Gasteiger partial charge in [-0.2, -0.15) is 0 Å². The zero-order valence-corrected chi connectivity index (χ0v) is 20.2. The zero-order chi connectivity index (χ0) is 24.8. The summed E-state index contributed by atoms with van der Waals surface area (Å²) in [5, 5.41) is 15.9. The van der Waals surface area contributed by atoms with E-state index < -0.39 is 17.3 Å². The number of carboxylic acids is 1. The number of nitrogens with zero attached hydrogens (tertiary/aromatic N) is 2. The van der Waals surface area contributed by atoms with Crippen molar-refractivity contribution in [2.24, 2.45) is 5.92 Å². The summed E-state index contributed by atoms with van der Waals surface area (Å²) in [4.78, 5) is 29.7. The van der Waals surface area contributed by atoms with Crippen molar-refractivity contribution >= 4 is 28.7 Å². The number of aryl methyl sites for hydroxylation is 1. The van der Waals surface area contributed by atoms with Crippen LogP contribution in [0.1, 0.15) is 38.1 Å². The van der Waals surface area contributed by atoms with E-state index in [1.165, 1.54) is 0 Å². The van der Waals surface area contributed by atoms with Gasteiger partial charge in [0.15, 0.2) is 0 Å². The minimum atomic E-state index is -0.868. The molecule has 4 rings (SSSR count). The second kappa shape index (κ2) is 10.6. The quantitative estimate of drug-likeness (QED) is 0.394. The van der Waals surface area contributed by atoms with Crippen molar-refractivity contribution in [2.45, 2.75) is 45.1 Å². The van der Waals surface area contributed by atoms with Crippen LogP contribution < -0.4 is 10.6 Å². The molecule has 2 atom stereocenters. The van der Waals surface area contributed by atoms with Crippen molar-refractivity contribution in [3.63, 3.8) is 0 Å². The van der Waals surface area contributed by atoms with Crippen molar-refractivity contribution in [3.8, 4) is 0 Å². The lowest BCUT2D eigenvalue weighted by molar-refractivity contribution is -0.142. The van der Waals surface area contributed by atoms with E-state index in [2.05, 4.69) is 22.1 Å².